The molecule has 0 bridgehead atoms. The molecular weight excluding hydrogens is 316 g/mol. The second-order valence-electron chi connectivity index (χ2n) is 5.80. The van der Waals surface area contributed by atoms with Gasteiger partial charge in [-0.1, -0.05) is 0 Å². The number of fused-ring (bicyclic) bond motifs is 2. The summed E-state index contributed by atoms with van der Waals surface area (Å²) in [6, 6.07) is 5.19. The van der Waals surface area contributed by atoms with Gasteiger partial charge in [0, 0.05) is 28.9 Å². The van der Waals surface area contributed by atoms with E-state index in [1.807, 2.05) is 18.4 Å². The Hall–Kier alpha value is -2.63. The summed E-state index contributed by atoms with van der Waals surface area (Å²) in [6.45, 7) is 3.85. The number of pyridine rings is 1. The number of nitrogens with zero attached hydrogens (tertiary/aromatic N) is 1. The standard InChI is InChI=1S/C18H17F2NO3/c1-9(2)21-14-7-16(23-3)12(19)5-10(14)18(22)11-6-13(20)17(24-4)8-15(11)21/h5-9H,1-4H3. The van der Waals surface area contributed by atoms with Crippen LogP contribution in [0.5, 0.6) is 11.5 Å². The Morgan fingerprint density at radius 1 is 0.875 bits per heavy atom. The van der Waals surface area contributed by atoms with Gasteiger partial charge in [-0.15, -0.1) is 0 Å². The summed E-state index contributed by atoms with van der Waals surface area (Å²) in [5, 5.41) is 0.359. The van der Waals surface area contributed by atoms with E-state index in [0.29, 0.717) is 11.0 Å². The Bertz CT molecular complexity index is 935. The Morgan fingerprint density at radius 2 is 1.29 bits per heavy atom. The van der Waals surface area contributed by atoms with Gasteiger partial charge in [0.2, 0.25) is 0 Å². The lowest BCUT2D eigenvalue weighted by atomic mass is 10.1. The van der Waals surface area contributed by atoms with Crippen LogP contribution in [0.4, 0.5) is 8.78 Å². The number of benzene rings is 2. The predicted molar refractivity (Wildman–Crippen MR) is 89.1 cm³/mol. The highest BCUT2D eigenvalue weighted by molar-refractivity contribution is 5.95. The molecule has 0 aliphatic rings. The molecule has 0 N–H and O–H groups in total. The average molecular weight is 333 g/mol. The minimum absolute atomic E-state index is 0.0460. The third-order valence-corrected chi connectivity index (χ3v) is 4.06. The van der Waals surface area contributed by atoms with E-state index in [-0.39, 0.29) is 28.3 Å². The molecule has 6 heteroatoms. The quantitative estimate of drug-likeness (QED) is 0.680. The number of halogens is 2. The third-order valence-electron chi connectivity index (χ3n) is 4.06. The van der Waals surface area contributed by atoms with Crippen molar-refractivity contribution in [3.8, 4) is 11.5 Å². The fourth-order valence-electron chi connectivity index (χ4n) is 2.99. The van der Waals surface area contributed by atoms with Crippen LogP contribution in [-0.2, 0) is 0 Å². The minimum Gasteiger partial charge on any atom is -0.494 e. The molecule has 0 aliphatic carbocycles. The molecule has 0 fully saturated rings. The maximum absolute atomic E-state index is 14.1. The smallest absolute Gasteiger partial charge is 0.197 e. The first kappa shape index (κ1) is 16.2. The highest BCUT2D eigenvalue weighted by Gasteiger charge is 2.18. The zero-order valence-corrected chi connectivity index (χ0v) is 13.8. The second kappa shape index (κ2) is 5.78. The molecule has 0 amide bonds. The number of methoxy groups -OCH3 is 2. The summed E-state index contributed by atoms with van der Waals surface area (Å²) in [5.74, 6) is -1.18. The fraction of sp³-hybridized carbons (Fsp3) is 0.278. The van der Waals surface area contributed by atoms with Gasteiger partial charge < -0.3 is 14.0 Å². The van der Waals surface area contributed by atoms with Gasteiger partial charge in [0.15, 0.2) is 28.6 Å². The van der Waals surface area contributed by atoms with Crippen LogP contribution in [-0.4, -0.2) is 18.8 Å². The van der Waals surface area contributed by atoms with E-state index in [2.05, 4.69) is 0 Å². The van der Waals surface area contributed by atoms with Gasteiger partial charge in [-0.05, 0) is 26.0 Å². The third kappa shape index (κ3) is 2.29. The van der Waals surface area contributed by atoms with Crippen LogP contribution in [0.15, 0.2) is 29.1 Å². The van der Waals surface area contributed by atoms with Crippen molar-refractivity contribution in [2.24, 2.45) is 0 Å². The molecule has 1 aromatic heterocycles. The average Bonchev–Trinajstić information content (AvgIpc) is 2.55. The van der Waals surface area contributed by atoms with Crippen LogP contribution in [0.25, 0.3) is 21.8 Å². The van der Waals surface area contributed by atoms with Crippen molar-refractivity contribution in [3.63, 3.8) is 0 Å². The number of aromatic nitrogens is 1. The zero-order valence-electron chi connectivity index (χ0n) is 13.8. The lowest BCUT2D eigenvalue weighted by Crippen LogP contribution is -2.14. The number of rotatable bonds is 3. The largest absolute Gasteiger partial charge is 0.494 e. The van der Waals surface area contributed by atoms with Crippen LogP contribution in [0, 0.1) is 11.6 Å². The first-order valence-electron chi connectivity index (χ1n) is 7.48. The molecule has 0 atom stereocenters. The summed E-state index contributed by atoms with van der Waals surface area (Å²) >= 11 is 0. The number of hydrogen-bond donors (Lipinski definition) is 0. The molecule has 0 aliphatic heterocycles. The minimum atomic E-state index is -0.634. The lowest BCUT2D eigenvalue weighted by molar-refractivity contribution is 0.386. The Labute approximate surface area is 137 Å². The van der Waals surface area contributed by atoms with Crippen molar-refractivity contribution in [2.75, 3.05) is 14.2 Å². The molecular formula is C18H17F2NO3. The van der Waals surface area contributed by atoms with Gasteiger partial charge in [-0.3, -0.25) is 4.79 Å². The van der Waals surface area contributed by atoms with Crippen LogP contribution in [0.3, 0.4) is 0 Å². The van der Waals surface area contributed by atoms with Gasteiger partial charge in [0.05, 0.1) is 25.3 Å². The van der Waals surface area contributed by atoms with Gasteiger partial charge in [-0.25, -0.2) is 8.78 Å². The number of ether oxygens (including phenoxy) is 2. The normalized spacial score (nSPS) is 11.5. The molecule has 0 radical (unpaired) electrons. The van der Waals surface area contributed by atoms with Crippen LogP contribution >= 0.6 is 0 Å². The van der Waals surface area contributed by atoms with E-state index >= 15 is 0 Å². The highest BCUT2D eigenvalue weighted by atomic mass is 19.1. The molecule has 2 aromatic carbocycles. The maximum Gasteiger partial charge on any atom is 0.197 e. The Morgan fingerprint density at radius 3 is 1.62 bits per heavy atom. The Kier molecular flexibility index (Phi) is 3.91. The molecule has 0 saturated heterocycles. The molecule has 126 valence electrons. The van der Waals surface area contributed by atoms with Crippen molar-refractivity contribution in [3.05, 3.63) is 46.1 Å². The lowest BCUT2D eigenvalue weighted by Gasteiger charge is -2.20. The van der Waals surface area contributed by atoms with E-state index < -0.39 is 17.1 Å². The molecule has 3 rings (SSSR count). The predicted octanol–water partition coefficient (Wildman–Crippen LogP) is 4.03. The van der Waals surface area contributed by atoms with E-state index in [9.17, 15) is 13.6 Å². The SMILES string of the molecule is COc1cc2c(cc1F)c(=O)c1cc(F)c(OC)cc1n2C(C)C. The molecule has 24 heavy (non-hydrogen) atoms. The van der Waals surface area contributed by atoms with Crippen molar-refractivity contribution >= 4 is 21.8 Å². The van der Waals surface area contributed by atoms with Crippen molar-refractivity contribution < 1.29 is 18.3 Å². The molecule has 1 heterocycles. The highest BCUT2D eigenvalue weighted by Crippen LogP contribution is 2.31. The van der Waals surface area contributed by atoms with Crippen molar-refractivity contribution in [2.45, 2.75) is 19.9 Å². The summed E-state index contributed by atoms with van der Waals surface area (Å²) in [7, 11) is 2.73. The molecule has 0 spiro atoms. The maximum atomic E-state index is 14.1. The molecule has 3 aromatic rings. The fourth-order valence-corrected chi connectivity index (χ4v) is 2.99. The molecule has 0 saturated carbocycles. The summed E-state index contributed by atoms with van der Waals surface area (Å²) in [4.78, 5) is 12.7. The first-order chi connectivity index (χ1) is 11.4. The van der Waals surface area contributed by atoms with E-state index in [4.69, 9.17) is 9.47 Å². The van der Waals surface area contributed by atoms with E-state index in [1.165, 1.54) is 26.4 Å². The van der Waals surface area contributed by atoms with Crippen LogP contribution < -0.4 is 14.9 Å². The summed E-state index contributed by atoms with van der Waals surface area (Å²) < 4.78 is 40.0. The first-order valence-corrected chi connectivity index (χ1v) is 7.48. The van der Waals surface area contributed by atoms with Gasteiger partial charge in [-0.2, -0.15) is 0 Å². The van der Waals surface area contributed by atoms with Gasteiger partial charge in [0.25, 0.3) is 0 Å². The number of hydrogen-bond acceptors (Lipinski definition) is 3. The van der Waals surface area contributed by atoms with Crippen molar-refractivity contribution in [1.82, 2.24) is 4.57 Å². The van der Waals surface area contributed by atoms with Gasteiger partial charge in [0.1, 0.15) is 0 Å². The topological polar surface area (TPSA) is 40.5 Å². The monoisotopic (exact) mass is 333 g/mol. The molecule has 4 nitrogen and oxygen atoms in total. The Balaban J connectivity index is 2.61. The zero-order chi connectivity index (χ0) is 17.6. The summed E-state index contributed by atoms with van der Waals surface area (Å²) in [5.41, 5.74) is 0.615. The molecule has 0 unspecified atom stereocenters. The van der Waals surface area contributed by atoms with E-state index in [1.54, 1.807) is 0 Å². The van der Waals surface area contributed by atoms with Crippen LogP contribution in [0.2, 0.25) is 0 Å². The summed E-state index contributed by atoms with van der Waals surface area (Å²) in [6.07, 6.45) is 0. The van der Waals surface area contributed by atoms with Crippen LogP contribution in [0.1, 0.15) is 19.9 Å². The van der Waals surface area contributed by atoms with E-state index in [0.717, 1.165) is 12.1 Å². The van der Waals surface area contributed by atoms with Crippen molar-refractivity contribution in [1.29, 1.82) is 0 Å². The second-order valence-corrected chi connectivity index (χ2v) is 5.80. The van der Waals surface area contributed by atoms with Gasteiger partial charge >= 0.3 is 0 Å².